The number of aryl methyl sites for hydroxylation is 2. The molecule has 2 aromatic rings. The molecular weight excluding hydrogens is 226 g/mol. The van der Waals surface area contributed by atoms with Crippen LogP contribution in [0.4, 0.5) is 5.82 Å². The molecule has 0 bridgehead atoms. The largest absolute Gasteiger partial charge is 0.373 e. The normalized spacial score (nSPS) is 10.4. The molecule has 2 rings (SSSR count). The van der Waals surface area contributed by atoms with E-state index in [2.05, 4.69) is 32.2 Å². The van der Waals surface area contributed by atoms with E-state index in [9.17, 15) is 0 Å². The minimum Gasteiger partial charge on any atom is -0.373 e. The predicted molar refractivity (Wildman–Crippen MR) is 71.3 cm³/mol. The molecule has 0 aliphatic carbocycles. The van der Waals surface area contributed by atoms with E-state index < -0.39 is 0 Å². The van der Waals surface area contributed by atoms with Crippen LogP contribution in [0.1, 0.15) is 24.9 Å². The van der Waals surface area contributed by atoms with Gasteiger partial charge in [0.15, 0.2) is 5.82 Å². The Morgan fingerprint density at radius 3 is 2.72 bits per heavy atom. The summed E-state index contributed by atoms with van der Waals surface area (Å²) in [6.07, 6.45) is 3.73. The zero-order chi connectivity index (χ0) is 13.0. The van der Waals surface area contributed by atoms with Gasteiger partial charge >= 0.3 is 0 Å². The van der Waals surface area contributed by atoms with Gasteiger partial charge in [-0.2, -0.15) is 0 Å². The minimum absolute atomic E-state index is 0.649. The highest BCUT2D eigenvalue weighted by molar-refractivity contribution is 5.52. The lowest BCUT2D eigenvalue weighted by Crippen LogP contribution is -2.02. The molecule has 0 amide bonds. The fraction of sp³-hybridized carbons (Fsp3) is 0.385. The molecule has 0 fully saturated rings. The van der Waals surface area contributed by atoms with E-state index in [1.54, 1.807) is 6.20 Å². The summed E-state index contributed by atoms with van der Waals surface area (Å²) in [6, 6.07) is 3.80. The fourth-order valence-corrected chi connectivity index (χ4v) is 1.71. The summed E-state index contributed by atoms with van der Waals surface area (Å²) >= 11 is 0. The van der Waals surface area contributed by atoms with E-state index in [4.69, 9.17) is 0 Å². The molecule has 18 heavy (non-hydrogen) atoms. The van der Waals surface area contributed by atoms with Gasteiger partial charge in [-0.1, -0.05) is 13.3 Å². The first-order valence-electron chi connectivity index (χ1n) is 6.08. The second kappa shape index (κ2) is 5.53. The zero-order valence-electron chi connectivity index (χ0n) is 10.9. The highest BCUT2D eigenvalue weighted by atomic mass is 15.0. The number of hydrogen-bond acceptors (Lipinski definition) is 5. The summed E-state index contributed by atoms with van der Waals surface area (Å²) in [5.74, 6) is 2.19. The minimum atomic E-state index is 0.649. The van der Waals surface area contributed by atoms with Crippen molar-refractivity contribution in [2.45, 2.75) is 26.7 Å². The van der Waals surface area contributed by atoms with Crippen LogP contribution in [-0.4, -0.2) is 27.0 Å². The van der Waals surface area contributed by atoms with Gasteiger partial charge in [0.1, 0.15) is 17.3 Å². The molecule has 2 heterocycles. The molecule has 0 spiro atoms. The van der Waals surface area contributed by atoms with Gasteiger partial charge < -0.3 is 5.32 Å². The first kappa shape index (κ1) is 12.4. The van der Waals surface area contributed by atoms with Gasteiger partial charge in [-0.3, -0.25) is 0 Å². The highest BCUT2D eigenvalue weighted by Gasteiger charge is 2.07. The number of nitrogens with zero attached hydrogens (tertiary/aromatic N) is 4. The Labute approximate surface area is 107 Å². The van der Waals surface area contributed by atoms with Gasteiger partial charge in [0.05, 0.1) is 0 Å². The van der Waals surface area contributed by atoms with Crippen molar-refractivity contribution in [1.29, 1.82) is 0 Å². The molecule has 0 aromatic carbocycles. The molecular formula is C13H17N5. The molecule has 0 saturated carbocycles. The molecule has 94 valence electrons. The maximum atomic E-state index is 4.54. The van der Waals surface area contributed by atoms with Crippen molar-refractivity contribution in [3.63, 3.8) is 0 Å². The zero-order valence-corrected chi connectivity index (χ0v) is 10.9. The van der Waals surface area contributed by atoms with E-state index in [0.717, 1.165) is 35.9 Å². The van der Waals surface area contributed by atoms with E-state index in [1.807, 2.05) is 26.1 Å². The topological polar surface area (TPSA) is 63.6 Å². The van der Waals surface area contributed by atoms with Gasteiger partial charge in [-0.15, -0.1) is 0 Å². The van der Waals surface area contributed by atoms with Crippen molar-refractivity contribution in [3.05, 3.63) is 29.8 Å². The molecule has 0 radical (unpaired) electrons. The molecule has 1 N–H and O–H groups in total. The average molecular weight is 243 g/mol. The molecule has 0 aliphatic heterocycles. The smallest absolute Gasteiger partial charge is 0.180 e. The molecule has 0 atom stereocenters. The van der Waals surface area contributed by atoms with Crippen LogP contribution in [0, 0.1) is 6.92 Å². The van der Waals surface area contributed by atoms with Crippen molar-refractivity contribution in [1.82, 2.24) is 19.9 Å². The van der Waals surface area contributed by atoms with Crippen LogP contribution in [0.5, 0.6) is 0 Å². The van der Waals surface area contributed by atoms with Crippen molar-refractivity contribution < 1.29 is 0 Å². The van der Waals surface area contributed by atoms with Crippen molar-refractivity contribution in [2.75, 3.05) is 12.4 Å². The Bertz CT molecular complexity index is 539. The van der Waals surface area contributed by atoms with Gasteiger partial charge in [0.25, 0.3) is 0 Å². The first-order valence-corrected chi connectivity index (χ1v) is 6.08. The first-order chi connectivity index (χ1) is 8.72. The summed E-state index contributed by atoms with van der Waals surface area (Å²) in [6.45, 7) is 3.99. The Morgan fingerprint density at radius 2 is 2.06 bits per heavy atom. The van der Waals surface area contributed by atoms with Crippen LogP contribution in [0.2, 0.25) is 0 Å². The highest BCUT2D eigenvalue weighted by Crippen LogP contribution is 2.16. The van der Waals surface area contributed by atoms with Crippen LogP contribution in [0.15, 0.2) is 18.3 Å². The second-order valence-corrected chi connectivity index (χ2v) is 4.06. The van der Waals surface area contributed by atoms with E-state index in [-0.39, 0.29) is 0 Å². The summed E-state index contributed by atoms with van der Waals surface area (Å²) in [7, 11) is 1.85. The second-order valence-electron chi connectivity index (χ2n) is 4.06. The maximum absolute atomic E-state index is 4.54. The molecule has 0 aliphatic rings. The fourth-order valence-electron chi connectivity index (χ4n) is 1.71. The van der Waals surface area contributed by atoms with Gasteiger partial charge in [0.2, 0.25) is 0 Å². The lowest BCUT2D eigenvalue weighted by molar-refractivity contribution is 0.873. The summed E-state index contributed by atoms with van der Waals surface area (Å²) in [5, 5.41) is 3.06. The van der Waals surface area contributed by atoms with E-state index >= 15 is 0 Å². The van der Waals surface area contributed by atoms with Gasteiger partial charge in [-0.25, -0.2) is 19.9 Å². The maximum Gasteiger partial charge on any atom is 0.180 e. The Kier molecular flexibility index (Phi) is 3.82. The lowest BCUT2D eigenvalue weighted by atomic mass is 10.2. The summed E-state index contributed by atoms with van der Waals surface area (Å²) < 4.78 is 0. The number of aromatic nitrogens is 4. The molecule has 5 heteroatoms. The van der Waals surface area contributed by atoms with Crippen molar-refractivity contribution >= 4 is 5.82 Å². The van der Waals surface area contributed by atoms with Gasteiger partial charge in [0, 0.05) is 25.0 Å². The Morgan fingerprint density at radius 1 is 1.22 bits per heavy atom. The number of anilines is 1. The number of hydrogen-bond donors (Lipinski definition) is 1. The van der Waals surface area contributed by atoms with Crippen LogP contribution in [-0.2, 0) is 6.42 Å². The molecule has 2 aromatic heterocycles. The number of rotatable bonds is 4. The van der Waals surface area contributed by atoms with Crippen LogP contribution < -0.4 is 5.32 Å². The quantitative estimate of drug-likeness (QED) is 0.892. The molecule has 0 saturated heterocycles. The third-order valence-electron chi connectivity index (χ3n) is 2.55. The van der Waals surface area contributed by atoms with Crippen molar-refractivity contribution in [3.8, 4) is 11.5 Å². The average Bonchev–Trinajstić information content (AvgIpc) is 2.39. The predicted octanol–water partition coefficient (Wildman–Crippen LogP) is 2.24. The van der Waals surface area contributed by atoms with E-state index in [1.165, 1.54) is 0 Å². The molecule has 5 nitrogen and oxygen atoms in total. The molecule has 0 unspecified atom stereocenters. The lowest BCUT2D eigenvalue weighted by Gasteiger charge is -2.07. The summed E-state index contributed by atoms with van der Waals surface area (Å²) in [4.78, 5) is 17.4. The third-order valence-corrected chi connectivity index (χ3v) is 2.55. The van der Waals surface area contributed by atoms with Crippen LogP contribution in [0.25, 0.3) is 11.5 Å². The number of nitrogens with one attached hydrogen (secondary N) is 1. The van der Waals surface area contributed by atoms with Gasteiger partial charge in [-0.05, 0) is 19.4 Å². The Hall–Kier alpha value is -2.04. The SMILES string of the molecule is CCCc1cc(NC)nc(-c2ccnc(C)n2)n1. The summed E-state index contributed by atoms with van der Waals surface area (Å²) in [5.41, 5.74) is 1.79. The standard InChI is InChI=1S/C13H17N5/c1-4-5-10-8-12(14-3)18-13(17-10)11-6-7-15-9(2)16-11/h6-8H,4-5H2,1-3H3,(H,14,17,18). The van der Waals surface area contributed by atoms with Crippen molar-refractivity contribution in [2.24, 2.45) is 0 Å². The van der Waals surface area contributed by atoms with Crippen LogP contribution >= 0.6 is 0 Å². The van der Waals surface area contributed by atoms with Crippen LogP contribution in [0.3, 0.4) is 0 Å². The Balaban J connectivity index is 2.46. The monoisotopic (exact) mass is 243 g/mol. The third kappa shape index (κ3) is 2.80. The van der Waals surface area contributed by atoms with E-state index in [0.29, 0.717) is 5.82 Å².